The van der Waals surface area contributed by atoms with Crippen molar-refractivity contribution in [3.8, 4) is 0 Å². The summed E-state index contributed by atoms with van der Waals surface area (Å²) in [5.41, 5.74) is 6.36. The molecule has 1 aliphatic heterocycles. The summed E-state index contributed by atoms with van der Waals surface area (Å²) in [4.78, 5) is 2.68. The molecule has 2 rings (SSSR count). The van der Waals surface area contributed by atoms with Crippen LogP contribution in [0.15, 0.2) is 0 Å². The molecule has 2 nitrogen and oxygen atoms in total. The summed E-state index contributed by atoms with van der Waals surface area (Å²) < 4.78 is 0. The van der Waals surface area contributed by atoms with E-state index in [2.05, 4.69) is 18.7 Å². The van der Waals surface area contributed by atoms with Crippen LogP contribution in [0.5, 0.6) is 0 Å². The van der Waals surface area contributed by atoms with Crippen molar-refractivity contribution in [2.45, 2.75) is 45.1 Å². The molecule has 0 amide bonds. The maximum atomic E-state index is 5.96. The third kappa shape index (κ3) is 1.59. The molecule has 0 aromatic heterocycles. The normalized spacial score (nSPS) is 43.9. The molecule has 2 fully saturated rings. The lowest BCUT2D eigenvalue weighted by Gasteiger charge is -2.52. The van der Waals surface area contributed by atoms with Crippen molar-refractivity contribution in [1.82, 2.24) is 4.90 Å². The second-order valence-electron chi connectivity index (χ2n) is 5.45. The Bertz CT molecular complexity index is 196. The standard InChI is InChI=1S/C12H24N2/c1-3-11-4-5-14(8-11)12(9-13)6-10(2)7-12/h10-11H,3-9,13H2,1-2H3. The molecule has 1 unspecified atom stereocenters. The van der Waals surface area contributed by atoms with Gasteiger partial charge in [-0.25, -0.2) is 0 Å². The molecule has 1 atom stereocenters. The zero-order chi connectivity index (χ0) is 10.2. The minimum atomic E-state index is 0.406. The summed E-state index contributed by atoms with van der Waals surface area (Å²) in [6.07, 6.45) is 5.40. The van der Waals surface area contributed by atoms with E-state index in [9.17, 15) is 0 Å². The second kappa shape index (κ2) is 3.82. The molecule has 0 aromatic rings. The van der Waals surface area contributed by atoms with Gasteiger partial charge in [-0.3, -0.25) is 4.90 Å². The van der Waals surface area contributed by atoms with E-state index in [1.165, 1.54) is 38.8 Å². The van der Waals surface area contributed by atoms with E-state index in [1.807, 2.05) is 0 Å². The third-order valence-corrected chi connectivity index (χ3v) is 4.37. The first-order valence-corrected chi connectivity index (χ1v) is 6.15. The molecule has 1 saturated carbocycles. The number of hydrogen-bond donors (Lipinski definition) is 1. The zero-order valence-corrected chi connectivity index (χ0v) is 9.63. The smallest absolute Gasteiger partial charge is 0.0336 e. The maximum Gasteiger partial charge on any atom is 0.0336 e. The summed E-state index contributed by atoms with van der Waals surface area (Å²) in [6.45, 7) is 8.13. The minimum Gasteiger partial charge on any atom is -0.329 e. The zero-order valence-electron chi connectivity index (χ0n) is 9.63. The Balaban J connectivity index is 1.94. The van der Waals surface area contributed by atoms with E-state index in [-0.39, 0.29) is 0 Å². The molecule has 0 aromatic carbocycles. The van der Waals surface area contributed by atoms with Crippen LogP contribution in [0.1, 0.15) is 39.5 Å². The lowest BCUT2D eigenvalue weighted by molar-refractivity contribution is 0.00133. The van der Waals surface area contributed by atoms with E-state index >= 15 is 0 Å². The SMILES string of the molecule is CCC1CCN(C2(CN)CC(C)C2)C1. The van der Waals surface area contributed by atoms with E-state index in [4.69, 9.17) is 5.73 Å². The quantitative estimate of drug-likeness (QED) is 0.746. The van der Waals surface area contributed by atoms with Gasteiger partial charge >= 0.3 is 0 Å². The van der Waals surface area contributed by atoms with Crippen molar-refractivity contribution < 1.29 is 0 Å². The Morgan fingerprint density at radius 2 is 2.14 bits per heavy atom. The highest BCUT2D eigenvalue weighted by Crippen LogP contribution is 2.43. The van der Waals surface area contributed by atoms with Gasteiger partial charge in [0.1, 0.15) is 0 Å². The molecular weight excluding hydrogens is 172 g/mol. The van der Waals surface area contributed by atoms with Crippen LogP contribution in [0, 0.1) is 11.8 Å². The molecule has 2 aliphatic rings. The fourth-order valence-electron chi connectivity index (χ4n) is 3.39. The second-order valence-corrected chi connectivity index (χ2v) is 5.45. The number of rotatable bonds is 3. The fraction of sp³-hybridized carbons (Fsp3) is 1.00. The molecule has 1 saturated heterocycles. The molecule has 2 N–H and O–H groups in total. The predicted octanol–water partition coefficient (Wildman–Crippen LogP) is 1.85. The summed E-state index contributed by atoms with van der Waals surface area (Å²) in [5.74, 6) is 1.84. The molecule has 0 radical (unpaired) electrons. The first-order valence-electron chi connectivity index (χ1n) is 6.15. The molecule has 1 heterocycles. The van der Waals surface area contributed by atoms with Crippen molar-refractivity contribution in [3.63, 3.8) is 0 Å². The molecule has 0 spiro atoms. The Hall–Kier alpha value is -0.0800. The molecular formula is C12H24N2. The Labute approximate surface area is 87.8 Å². The predicted molar refractivity (Wildman–Crippen MR) is 60.2 cm³/mol. The topological polar surface area (TPSA) is 29.3 Å². The highest BCUT2D eigenvalue weighted by atomic mass is 15.2. The van der Waals surface area contributed by atoms with Crippen LogP contribution in [-0.4, -0.2) is 30.1 Å². The Morgan fingerprint density at radius 3 is 2.57 bits per heavy atom. The van der Waals surface area contributed by atoms with Crippen LogP contribution >= 0.6 is 0 Å². The van der Waals surface area contributed by atoms with Gasteiger partial charge in [0, 0.05) is 18.6 Å². The van der Waals surface area contributed by atoms with Crippen LogP contribution in [0.4, 0.5) is 0 Å². The van der Waals surface area contributed by atoms with Crippen molar-refractivity contribution in [2.75, 3.05) is 19.6 Å². The van der Waals surface area contributed by atoms with Crippen molar-refractivity contribution >= 4 is 0 Å². The van der Waals surface area contributed by atoms with Crippen LogP contribution < -0.4 is 5.73 Å². The van der Waals surface area contributed by atoms with E-state index < -0.39 is 0 Å². The van der Waals surface area contributed by atoms with Gasteiger partial charge in [0.25, 0.3) is 0 Å². The molecule has 1 aliphatic carbocycles. The summed E-state index contributed by atoms with van der Waals surface area (Å²) in [6, 6.07) is 0. The van der Waals surface area contributed by atoms with Gasteiger partial charge in [0.05, 0.1) is 0 Å². The van der Waals surface area contributed by atoms with Crippen LogP contribution in [0.25, 0.3) is 0 Å². The van der Waals surface area contributed by atoms with Crippen molar-refractivity contribution in [1.29, 1.82) is 0 Å². The Kier molecular flexibility index (Phi) is 2.85. The molecule has 82 valence electrons. The molecule has 0 bridgehead atoms. The lowest BCUT2D eigenvalue weighted by atomic mass is 9.68. The van der Waals surface area contributed by atoms with Crippen molar-refractivity contribution in [2.24, 2.45) is 17.6 Å². The fourth-order valence-corrected chi connectivity index (χ4v) is 3.39. The van der Waals surface area contributed by atoms with Gasteiger partial charge in [0.15, 0.2) is 0 Å². The number of nitrogens with two attached hydrogens (primary N) is 1. The largest absolute Gasteiger partial charge is 0.329 e. The number of hydrogen-bond acceptors (Lipinski definition) is 2. The maximum absolute atomic E-state index is 5.96. The molecule has 2 heteroatoms. The first-order chi connectivity index (χ1) is 6.70. The monoisotopic (exact) mass is 196 g/mol. The average Bonchev–Trinajstić information content (AvgIpc) is 2.61. The van der Waals surface area contributed by atoms with E-state index in [0.717, 1.165) is 18.4 Å². The average molecular weight is 196 g/mol. The van der Waals surface area contributed by atoms with Gasteiger partial charge in [-0.05, 0) is 37.6 Å². The highest BCUT2D eigenvalue weighted by molar-refractivity contribution is 5.03. The van der Waals surface area contributed by atoms with Gasteiger partial charge in [-0.15, -0.1) is 0 Å². The number of nitrogens with zero attached hydrogens (tertiary/aromatic N) is 1. The van der Waals surface area contributed by atoms with Crippen LogP contribution in [0.2, 0.25) is 0 Å². The van der Waals surface area contributed by atoms with Crippen LogP contribution in [-0.2, 0) is 0 Å². The summed E-state index contributed by atoms with van der Waals surface area (Å²) in [7, 11) is 0. The third-order valence-electron chi connectivity index (χ3n) is 4.37. The van der Waals surface area contributed by atoms with E-state index in [0.29, 0.717) is 5.54 Å². The highest BCUT2D eigenvalue weighted by Gasteiger charge is 2.47. The van der Waals surface area contributed by atoms with Gasteiger partial charge in [0.2, 0.25) is 0 Å². The van der Waals surface area contributed by atoms with Crippen molar-refractivity contribution in [3.05, 3.63) is 0 Å². The van der Waals surface area contributed by atoms with Gasteiger partial charge < -0.3 is 5.73 Å². The minimum absolute atomic E-state index is 0.406. The lowest BCUT2D eigenvalue weighted by Crippen LogP contribution is -2.60. The molecule has 14 heavy (non-hydrogen) atoms. The summed E-state index contributed by atoms with van der Waals surface area (Å²) >= 11 is 0. The number of likely N-dealkylation sites (tertiary alicyclic amines) is 1. The first kappa shape index (κ1) is 10.4. The summed E-state index contributed by atoms with van der Waals surface area (Å²) in [5, 5.41) is 0. The van der Waals surface area contributed by atoms with E-state index in [1.54, 1.807) is 0 Å². The van der Waals surface area contributed by atoms with Gasteiger partial charge in [-0.2, -0.15) is 0 Å². The van der Waals surface area contributed by atoms with Crippen LogP contribution in [0.3, 0.4) is 0 Å². The Morgan fingerprint density at radius 1 is 1.43 bits per heavy atom. The van der Waals surface area contributed by atoms with Gasteiger partial charge in [-0.1, -0.05) is 20.3 Å².